The Morgan fingerprint density at radius 1 is 0.852 bits per heavy atom. The van der Waals surface area contributed by atoms with Gasteiger partial charge in [0.2, 0.25) is 0 Å². The maximum atomic E-state index is 10.9. The van der Waals surface area contributed by atoms with Crippen molar-refractivity contribution in [2.24, 2.45) is 0 Å². The molecule has 0 spiro atoms. The lowest BCUT2D eigenvalue weighted by atomic mass is 10.0. The highest BCUT2D eigenvalue weighted by Crippen LogP contribution is 2.30. The first kappa shape index (κ1) is 17.1. The number of aliphatic hydroxyl groups is 1. The molecular weight excluding hydrogens is 336 g/mol. The molecule has 0 fully saturated rings. The quantitative estimate of drug-likeness (QED) is 0.552. The van der Waals surface area contributed by atoms with E-state index in [1.165, 1.54) is 0 Å². The molecule has 0 bridgehead atoms. The summed E-state index contributed by atoms with van der Waals surface area (Å²) in [5.41, 5.74) is 3.59. The predicted molar refractivity (Wildman–Crippen MR) is 105 cm³/mol. The van der Waals surface area contributed by atoms with Crippen molar-refractivity contribution >= 4 is 0 Å². The van der Waals surface area contributed by atoms with Gasteiger partial charge in [-0.3, -0.25) is 0 Å². The molecule has 3 aromatic carbocycles. The van der Waals surface area contributed by atoms with Crippen molar-refractivity contribution in [1.29, 1.82) is 0 Å². The van der Waals surface area contributed by atoms with Crippen LogP contribution in [0.2, 0.25) is 0 Å². The number of benzene rings is 3. The Hall–Kier alpha value is -3.37. The van der Waals surface area contributed by atoms with Crippen LogP contribution in [0.3, 0.4) is 0 Å². The van der Waals surface area contributed by atoms with Crippen LogP contribution in [0.5, 0.6) is 5.75 Å². The zero-order valence-corrected chi connectivity index (χ0v) is 14.8. The first-order valence-corrected chi connectivity index (χ1v) is 8.85. The van der Waals surface area contributed by atoms with E-state index in [0.717, 1.165) is 22.4 Å². The van der Waals surface area contributed by atoms with Crippen molar-refractivity contribution in [3.63, 3.8) is 0 Å². The molecule has 0 saturated heterocycles. The first-order valence-electron chi connectivity index (χ1n) is 8.85. The molecule has 4 heteroatoms. The van der Waals surface area contributed by atoms with Crippen LogP contribution in [0.25, 0.3) is 5.69 Å². The number of aromatic nitrogens is 2. The smallest absolute Gasteiger partial charge is 0.125 e. The SMILES string of the molecule is OC(c1ccc(-n2cccn2)cc1)c1ccccc1OCc1ccccc1. The van der Waals surface area contributed by atoms with Crippen LogP contribution in [-0.4, -0.2) is 14.9 Å². The van der Waals surface area contributed by atoms with E-state index in [1.807, 2.05) is 91.1 Å². The Morgan fingerprint density at radius 3 is 2.33 bits per heavy atom. The number of rotatable bonds is 6. The molecule has 4 rings (SSSR count). The van der Waals surface area contributed by atoms with Crippen molar-refractivity contribution in [2.45, 2.75) is 12.7 Å². The summed E-state index contributed by atoms with van der Waals surface area (Å²) < 4.78 is 7.76. The summed E-state index contributed by atoms with van der Waals surface area (Å²) in [6.07, 6.45) is 2.87. The Labute approximate surface area is 158 Å². The zero-order chi connectivity index (χ0) is 18.5. The molecule has 4 nitrogen and oxygen atoms in total. The van der Waals surface area contributed by atoms with Crippen LogP contribution in [0.4, 0.5) is 0 Å². The van der Waals surface area contributed by atoms with E-state index in [4.69, 9.17) is 4.74 Å². The molecule has 0 aliphatic rings. The number of para-hydroxylation sites is 1. The summed E-state index contributed by atoms with van der Waals surface area (Å²) in [7, 11) is 0. The molecule has 0 aliphatic heterocycles. The molecule has 1 atom stereocenters. The van der Waals surface area contributed by atoms with Gasteiger partial charge in [0.15, 0.2) is 0 Å². The zero-order valence-electron chi connectivity index (χ0n) is 14.8. The van der Waals surface area contributed by atoms with Gasteiger partial charge in [-0.15, -0.1) is 0 Å². The molecule has 1 N–H and O–H groups in total. The van der Waals surface area contributed by atoms with Crippen LogP contribution in [0, 0.1) is 0 Å². The van der Waals surface area contributed by atoms with Crippen LogP contribution in [-0.2, 0) is 6.61 Å². The minimum Gasteiger partial charge on any atom is -0.489 e. The summed E-state index contributed by atoms with van der Waals surface area (Å²) in [4.78, 5) is 0. The van der Waals surface area contributed by atoms with Crippen LogP contribution >= 0.6 is 0 Å². The average molecular weight is 356 g/mol. The van der Waals surface area contributed by atoms with E-state index in [1.54, 1.807) is 10.9 Å². The maximum absolute atomic E-state index is 10.9. The molecule has 1 unspecified atom stereocenters. The fourth-order valence-corrected chi connectivity index (χ4v) is 2.98. The standard InChI is InChI=1S/C23H20N2O2/c26-23(19-11-13-20(14-12-19)25-16-6-15-24-25)21-9-4-5-10-22(21)27-17-18-7-2-1-3-8-18/h1-16,23,26H,17H2. The van der Waals surface area contributed by atoms with Gasteiger partial charge in [0.25, 0.3) is 0 Å². The molecule has 0 radical (unpaired) electrons. The lowest BCUT2D eigenvalue weighted by Gasteiger charge is -2.17. The van der Waals surface area contributed by atoms with Crippen molar-refractivity contribution in [3.05, 3.63) is 114 Å². The average Bonchev–Trinajstić information content (AvgIpc) is 3.28. The predicted octanol–water partition coefficient (Wildman–Crippen LogP) is 4.53. The topological polar surface area (TPSA) is 47.3 Å². The molecular formula is C23H20N2O2. The van der Waals surface area contributed by atoms with Gasteiger partial charge in [-0.2, -0.15) is 5.10 Å². The molecule has 0 saturated carbocycles. The number of hydrogen-bond donors (Lipinski definition) is 1. The second-order valence-electron chi connectivity index (χ2n) is 6.26. The Bertz CT molecular complexity index is 981. The lowest BCUT2D eigenvalue weighted by molar-refractivity contribution is 0.209. The summed E-state index contributed by atoms with van der Waals surface area (Å²) in [5, 5.41) is 15.1. The normalized spacial score (nSPS) is 11.9. The lowest BCUT2D eigenvalue weighted by Crippen LogP contribution is -2.05. The van der Waals surface area contributed by atoms with Gasteiger partial charge in [-0.25, -0.2) is 4.68 Å². The maximum Gasteiger partial charge on any atom is 0.125 e. The summed E-state index contributed by atoms with van der Waals surface area (Å²) in [6, 6.07) is 27.2. The third-order valence-corrected chi connectivity index (χ3v) is 4.43. The largest absolute Gasteiger partial charge is 0.489 e. The van der Waals surface area contributed by atoms with E-state index in [2.05, 4.69) is 5.10 Å². The number of ether oxygens (including phenoxy) is 1. The molecule has 0 amide bonds. The summed E-state index contributed by atoms with van der Waals surface area (Å²) in [6.45, 7) is 0.461. The van der Waals surface area contributed by atoms with Gasteiger partial charge < -0.3 is 9.84 Å². The molecule has 0 aliphatic carbocycles. The second kappa shape index (κ2) is 7.89. The van der Waals surface area contributed by atoms with E-state index < -0.39 is 6.10 Å². The molecule has 1 aromatic heterocycles. The van der Waals surface area contributed by atoms with Crippen molar-refractivity contribution in [3.8, 4) is 11.4 Å². The summed E-state index contributed by atoms with van der Waals surface area (Å²) in [5.74, 6) is 0.685. The van der Waals surface area contributed by atoms with Crippen molar-refractivity contribution < 1.29 is 9.84 Å². The van der Waals surface area contributed by atoms with Gasteiger partial charge in [-0.05, 0) is 35.4 Å². The van der Waals surface area contributed by atoms with E-state index in [9.17, 15) is 5.11 Å². The molecule has 134 valence electrons. The summed E-state index contributed by atoms with van der Waals surface area (Å²) >= 11 is 0. The second-order valence-corrected chi connectivity index (χ2v) is 6.26. The van der Waals surface area contributed by atoms with Crippen molar-refractivity contribution in [2.75, 3.05) is 0 Å². The Morgan fingerprint density at radius 2 is 1.59 bits per heavy atom. The first-order chi connectivity index (χ1) is 13.3. The molecule has 4 aromatic rings. The fourth-order valence-electron chi connectivity index (χ4n) is 2.98. The van der Waals surface area contributed by atoms with Crippen LogP contribution < -0.4 is 4.74 Å². The van der Waals surface area contributed by atoms with Crippen LogP contribution in [0.1, 0.15) is 22.8 Å². The number of aliphatic hydroxyl groups excluding tert-OH is 1. The van der Waals surface area contributed by atoms with E-state index >= 15 is 0 Å². The third kappa shape index (κ3) is 3.91. The van der Waals surface area contributed by atoms with Gasteiger partial charge in [0.1, 0.15) is 18.5 Å². The van der Waals surface area contributed by atoms with Gasteiger partial charge in [0, 0.05) is 18.0 Å². The molecule has 27 heavy (non-hydrogen) atoms. The highest BCUT2D eigenvalue weighted by atomic mass is 16.5. The fraction of sp³-hybridized carbons (Fsp3) is 0.0870. The minimum atomic E-state index is -0.761. The minimum absolute atomic E-state index is 0.461. The van der Waals surface area contributed by atoms with Crippen LogP contribution in [0.15, 0.2) is 97.3 Å². The van der Waals surface area contributed by atoms with E-state index in [0.29, 0.717) is 12.4 Å². The Kier molecular flexibility index (Phi) is 4.99. The number of nitrogens with zero attached hydrogens (tertiary/aromatic N) is 2. The Balaban J connectivity index is 1.54. The van der Waals surface area contributed by atoms with E-state index in [-0.39, 0.29) is 0 Å². The monoisotopic (exact) mass is 356 g/mol. The number of hydrogen-bond acceptors (Lipinski definition) is 3. The highest BCUT2D eigenvalue weighted by Gasteiger charge is 2.15. The van der Waals surface area contributed by atoms with Gasteiger partial charge in [0.05, 0.1) is 5.69 Å². The van der Waals surface area contributed by atoms with Gasteiger partial charge >= 0.3 is 0 Å². The van der Waals surface area contributed by atoms with Gasteiger partial charge in [-0.1, -0.05) is 60.7 Å². The third-order valence-electron chi connectivity index (χ3n) is 4.43. The molecule has 1 heterocycles. The highest BCUT2D eigenvalue weighted by molar-refractivity contribution is 5.42. The van der Waals surface area contributed by atoms with Crippen molar-refractivity contribution in [1.82, 2.24) is 9.78 Å².